The van der Waals surface area contributed by atoms with Crippen LogP contribution in [-0.4, -0.2) is 33.6 Å². The van der Waals surface area contributed by atoms with Gasteiger partial charge >= 0.3 is 0 Å². The van der Waals surface area contributed by atoms with Crippen molar-refractivity contribution in [3.63, 3.8) is 0 Å². The van der Waals surface area contributed by atoms with Crippen molar-refractivity contribution in [3.05, 3.63) is 29.6 Å². The minimum absolute atomic E-state index is 0.0615. The number of hydrogen-bond donors (Lipinski definition) is 2. The topological polar surface area (TPSA) is 98.5 Å². The molecule has 0 bridgehead atoms. The first kappa shape index (κ1) is 14.9. The summed E-state index contributed by atoms with van der Waals surface area (Å²) in [5, 5.41) is 7.59. The lowest BCUT2D eigenvalue weighted by Crippen LogP contribution is -2.39. The maximum Gasteiger partial charge on any atom is 0.254 e. The number of carbonyl (C=O) groups is 1. The van der Waals surface area contributed by atoms with Crippen molar-refractivity contribution >= 4 is 15.9 Å². The molecule has 0 unspecified atom stereocenters. The van der Waals surface area contributed by atoms with Crippen LogP contribution in [0.15, 0.2) is 23.1 Å². The molecule has 20 heavy (non-hydrogen) atoms. The molecule has 0 atom stereocenters. The number of rotatable bonds is 3. The Balaban J connectivity index is 2.14. The molecule has 1 heterocycles. The van der Waals surface area contributed by atoms with Gasteiger partial charge in [0.15, 0.2) is 0 Å². The number of nitrogens with one attached hydrogen (secondary N) is 1. The first-order chi connectivity index (χ1) is 9.38. The molecule has 0 aromatic heterocycles. The molecule has 8 heteroatoms. The minimum atomic E-state index is -3.98. The van der Waals surface area contributed by atoms with Crippen molar-refractivity contribution in [1.29, 1.82) is 0 Å². The van der Waals surface area contributed by atoms with E-state index < -0.39 is 21.7 Å². The van der Waals surface area contributed by atoms with Gasteiger partial charge in [0.25, 0.3) is 5.91 Å². The van der Waals surface area contributed by atoms with Crippen LogP contribution in [-0.2, 0) is 14.8 Å². The van der Waals surface area contributed by atoms with Gasteiger partial charge in [0.1, 0.15) is 5.82 Å². The van der Waals surface area contributed by atoms with Crippen LogP contribution in [0.3, 0.4) is 0 Å². The number of halogens is 1. The second-order valence-electron chi connectivity index (χ2n) is 4.55. The van der Waals surface area contributed by atoms with Gasteiger partial charge in [-0.05, 0) is 31.0 Å². The highest BCUT2D eigenvalue weighted by Crippen LogP contribution is 2.15. The van der Waals surface area contributed by atoms with E-state index in [1.165, 1.54) is 0 Å². The van der Waals surface area contributed by atoms with Crippen LogP contribution in [0.5, 0.6) is 0 Å². The Morgan fingerprint density at radius 2 is 2.00 bits per heavy atom. The largest absolute Gasteiger partial charge is 0.381 e. The molecule has 0 saturated carbocycles. The fraction of sp³-hybridized carbons (Fsp3) is 0.417. The highest BCUT2D eigenvalue weighted by Gasteiger charge is 2.20. The van der Waals surface area contributed by atoms with E-state index in [2.05, 4.69) is 5.32 Å². The number of nitrogens with two attached hydrogens (primary N) is 1. The molecule has 1 aromatic carbocycles. The molecule has 1 aromatic rings. The zero-order valence-electron chi connectivity index (χ0n) is 10.6. The van der Waals surface area contributed by atoms with Gasteiger partial charge in [0.05, 0.1) is 10.5 Å². The summed E-state index contributed by atoms with van der Waals surface area (Å²) >= 11 is 0. The third-order valence-corrected chi connectivity index (χ3v) is 3.98. The molecule has 6 nitrogen and oxygen atoms in total. The van der Waals surface area contributed by atoms with Crippen molar-refractivity contribution in [2.24, 2.45) is 5.14 Å². The van der Waals surface area contributed by atoms with Crippen molar-refractivity contribution in [3.8, 4) is 0 Å². The predicted molar refractivity (Wildman–Crippen MR) is 69.1 cm³/mol. The molecule has 0 radical (unpaired) electrons. The second kappa shape index (κ2) is 5.86. The van der Waals surface area contributed by atoms with Gasteiger partial charge in [-0.15, -0.1) is 0 Å². The summed E-state index contributed by atoms with van der Waals surface area (Å²) < 4.78 is 41.1. The van der Waals surface area contributed by atoms with E-state index in [0.29, 0.717) is 26.1 Å². The number of amides is 1. The molecule has 1 saturated heterocycles. The zero-order chi connectivity index (χ0) is 14.8. The average Bonchev–Trinajstić information content (AvgIpc) is 2.38. The van der Waals surface area contributed by atoms with Gasteiger partial charge < -0.3 is 10.1 Å². The summed E-state index contributed by atoms with van der Waals surface area (Å²) in [4.78, 5) is 11.6. The van der Waals surface area contributed by atoms with Gasteiger partial charge in [-0.25, -0.2) is 17.9 Å². The Hall–Kier alpha value is -1.51. The first-order valence-corrected chi connectivity index (χ1v) is 7.63. The number of ether oxygens (including phenoxy) is 1. The van der Waals surface area contributed by atoms with E-state index in [0.717, 1.165) is 18.2 Å². The van der Waals surface area contributed by atoms with E-state index in [-0.39, 0.29) is 16.5 Å². The molecule has 1 amide bonds. The van der Waals surface area contributed by atoms with Crippen LogP contribution in [0.25, 0.3) is 0 Å². The van der Waals surface area contributed by atoms with Crippen LogP contribution in [0.1, 0.15) is 23.2 Å². The first-order valence-electron chi connectivity index (χ1n) is 6.09. The van der Waals surface area contributed by atoms with E-state index in [4.69, 9.17) is 9.88 Å². The molecule has 0 aliphatic carbocycles. The van der Waals surface area contributed by atoms with Crippen LogP contribution < -0.4 is 10.5 Å². The van der Waals surface area contributed by atoms with Crippen molar-refractivity contribution in [1.82, 2.24) is 5.32 Å². The Bertz CT molecular complexity index is 612. The van der Waals surface area contributed by atoms with Crippen molar-refractivity contribution in [2.45, 2.75) is 23.8 Å². The van der Waals surface area contributed by atoms with Gasteiger partial charge in [0.2, 0.25) is 10.0 Å². The minimum Gasteiger partial charge on any atom is -0.381 e. The van der Waals surface area contributed by atoms with Crippen LogP contribution >= 0.6 is 0 Å². The van der Waals surface area contributed by atoms with Crippen molar-refractivity contribution in [2.75, 3.05) is 13.2 Å². The van der Waals surface area contributed by atoms with E-state index in [1.807, 2.05) is 0 Å². The third kappa shape index (κ3) is 3.53. The Kier molecular flexibility index (Phi) is 4.36. The summed E-state index contributed by atoms with van der Waals surface area (Å²) in [6.45, 7) is 1.11. The summed E-state index contributed by atoms with van der Waals surface area (Å²) in [6.07, 6.45) is 1.34. The summed E-state index contributed by atoms with van der Waals surface area (Å²) in [5.74, 6) is -1.49. The maximum absolute atomic E-state index is 13.8. The third-order valence-electron chi connectivity index (χ3n) is 3.07. The molecular formula is C12H15FN2O4S. The average molecular weight is 302 g/mol. The normalized spacial score (nSPS) is 16.9. The molecule has 1 aliphatic rings. The van der Waals surface area contributed by atoms with Crippen LogP contribution in [0.4, 0.5) is 4.39 Å². The zero-order valence-corrected chi connectivity index (χ0v) is 11.5. The molecule has 110 valence electrons. The van der Waals surface area contributed by atoms with Gasteiger partial charge in [-0.2, -0.15) is 0 Å². The maximum atomic E-state index is 13.8. The van der Waals surface area contributed by atoms with Gasteiger partial charge in [-0.1, -0.05) is 0 Å². The summed E-state index contributed by atoms with van der Waals surface area (Å²) in [5.41, 5.74) is -0.205. The lowest BCUT2D eigenvalue weighted by Gasteiger charge is -2.23. The lowest BCUT2D eigenvalue weighted by atomic mass is 10.1. The number of carbonyl (C=O) groups excluding carboxylic acids is 1. The quantitative estimate of drug-likeness (QED) is 0.843. The molecule has 3 N–H and O–H groups in total. The number of hydrogen-bond acceptors (Lipinski definition) is 4. The van der Waals surface area contributed by atoms with Crippen LogP contribution in [0, 0.1) is 5.82 Å². The van der Waals surface area contributed by atoms with Gasteiger partial charge in [-0.3, -0.25) is 4.79 Å². The van der Waals surface area contributed by atoms with Crippen LogP contribution in [0.2, 0.25) is 0 Å². The SMILES string of the molecule is NS(=O)(=O)c1ccc(C(=O)NC2CCOCC2)c(F)c1. The fourth-order valence-corrected chi connectivity index (χ4v) is 2.49. The molecule has 1 fully saturated rings. The molecule has 2 rings (SSSR count). The van der Waals surface area contributed by atoms with E-state index >= 15 is 0 Å². The highest BCUT2D eigenvalue weighted by atomic mass is 32.2. The second-order valence-corrected chi connectivity index (χ2v) is 6.11. The monoisotopic (exact) mass is 302 g/mol. The standard InChI is InChI=1S/C12H15FN2O4S/c13-11-7-9(20(14,17)18)1-2-10(11)12(16)15-8-3-5-19-6-4-8/h1-2,7-8H,3-6H2,(H,15,16)(H2,14,17,18). The van der Waals surface area contributed by atoms with Crippen molar-refractivity contribution < 1.29 is 22.3 Å². The highest BCUT2D eigenvalue weighted by molar-refractivity contribution is 7.89. The van der Waals surface area contributed by atoms with Gasteiger partial charge in [0, 0.05) is 19.3 Å². The number of primary sulfonamides is 1. The predicted octanol–water partition coefficient (Wildman–Crippen LogP) is 0.382. The van der Waals surface area contributed by atoms with E-state index in [1.54, 1.807) is 0 Å². The lowest BCUT2D eigenvalue weighted by molar-refractivity contribution is 0.0694. The Morgan fingerprint density at radius 1 is 1.35 bits per heavy atom. The summed E-state index contributed by atoms with van der Waals surface area (Å²) in [6, 6.07) is 2.91. The smallest absolute Gasteiger partial charge is 0.254 e. The number of benzene rings is 1. The summed E-state index contributed by atoms with van der Waals surface area (Å²) in [7, 11) is -3.98. The molecular weight excluding hydrogens is 287 g/mol. The Labute approximate surface area is 116 Å². The molecule has 1 aliphatic heterocycles. The number of sulfonamides is 1. The molecule has 0 spiro atoms. The van der Waals surface area contributed by atoms with E-state index in [9.17, 15) is 17.6 Å². The Morgan fingerprint density at radius 3 is 2.55 bits per heavy atom. The fourth-order valence-electron chi connectivity index (χ4n) is 1.96.